The molecule has 0 radical (unpaired) electrons. The van der Waals surface area contributed by atoms with Crippen molar-refractivity contribution in [3.8, 4) is 11.5 Å². The summed E-state index contributed by atoms with van der Waals surface area (Å²) in [6.07, 6.45) is -2.86. The average Bonchev–Trinajstić information content (AvgIpc) is 2.86. The molecular formula is C30H47NO11. The predicted octanol–water partition coefficient (Wildman–Crippen LogP) is 6.27. The van der Waals surface area contributed by atoms with Gasteiger partial charge in [0.15, 0.2) is 11.5 Å². The fourth-order valence-electron chi connectivity index (χ4n) is 2.97. The van der Waals surface area contributed by atoms with Crippen molar-refractivity contribution in [2.75, 3.05) is 6.54 Å². The summed E-state index contributed by atoms with van der Waals surface area (Å²) >= 11 is 0. The number of carbonyl (C=O) groups is 4. The zero-order valence-corrected chi connectivity index (χ0v) is 26.4. The minimum Gasteiger partial charge on any atom is -0.480 e. The molecule has 1 rings (SSSR count). The first-order chi connectivity index (χ1) is 19.4. The zero-order chi connectivity index (χ0) is 32.3. The molecule has 1 aromatic carbocycles. The second-order valence-corrected chi connectivity index (χ2v) is 11.7. The molecule has 0 fully saturated rings. The number of carboxylic acids is 1. The molecule has 0 aliphatic rings. The zero-order valence-electron chi connectivity index (χ0n) is 26.4. The van der Waals surface area contributed by atoms with Gasteiger partial charge in [-0.2, -0.15) is 0 Å². The monoisotopic (exact) mass is 597 g/mol. The van der Waals surface area contributed by atoms with Crippen LogP contribution in [0.25, 0.3) is 0 Å². The fourth-order valence-corrected chi connectivity index (χ4v) is 2.97. The Labute approximate surface area is 248 Å². The van der Waals surface area contributed by atoms with Crippen molar-refractivity contribution in [3.05, 3.63) is 23.8 Å². The van der Waals surface area contributed by atoms with Gasteiger partial charge in [-0.1, -0.05) is 33.8 Å². The van der Waals surface area contributed by atoms with Gasteiger partial charge in [-0.15, -0.1) is 0 Å². The second kappa shape index (κ2) is 16.2. The first-order valence-electron chi connectivity index (χ1n) is 14.2. The van der Waals surface area contributed by atoms with E-state index in [1.54, 1.807) is 41.5 Å². The Morgan fingerprint density at radius 3 is 1.81 bits per heavy atom. The Kier molecular flexibility index (Phi) is 14.1. The number of benzene rings is 1. The number of rotatable bonds is 15. The summed E-state index contributed by atoms with van der Waals surface area (Å²) in [7, 11) is 0. The quantitative estimate of drug-likeness (QED) is 0.133. The maximum atomic E-state index is 12.5. The molecule has 0 bridgehead atoms. The van der Waals surface area contributed by atoms with Gasteiger partial charge in [-0.05, 0) is 84.4 Å². The molecule has 3 atom stereocenters. The van der Waals surface area contributed by atoms with Gasteiger partial charge in [0.25, 0.3) is 0 Å². The Balaban J connectivity index is 3.07. The third kappa shape index (κ3) is 13.4. The SMILES string of the molecule is CCC(C)(C)OC(=O)Oc1ccc(C[C@H](NCC(C)OC(=O)OC(C)C(C)C)C(=O)O)cc1OC(=O)OC(C)(C)CC. The van der Waals surface area contributed by atoms with Gasteiger partial charge in [0, 0.05) is 6.54 Å². The summed E-state index contributed by atoms with van der Waals surface area (Å²) < 4.78 is 31.8. The fraction of sp³-hybridized carbons (Fsp3) is 0.667. The number of hydrogen-bond acceptors (Lipinski definition) is 11. The van der Waals surface area contributed by atoms with E-state index in [4.69, 9.17) is 28.4 Å². The number of carbonyl (C=O) groups excluding carboxylic acids is 3. The molecule has 0 saturated heterocycles. The third-order valence-electron chi connectivity index (χ3n) is 6.72. The van der Waals surface area contributed by atoms with Crippen LogP contribution in [0.4, 0.5) is 14.4 Å². The first-order valence-corrected chi connectivity index (χ1v) is 14.2. The van der Waals surface area contributed by atoms with Crippen LogP contribution in [0.15, 0.2) is 18.2 Å². The Morgan fingerprint density at radius 1 is 0.810 bits per heavy atom. The number of hydrogen-bond donors (Lipinski definition) is 2. The first kappa shape index (κ1) is 36.5. The van der Waals surface area contributed by atoms with Crippen molar-refractivity contribution in [2.24, 2.45) is 5.92 Å². The largest absolute Gasteiger partial charge is 0.514 e. The Hall–Kier alpha value is -3.54. The molecule has 0 aliphatic carbocycles. The summed E-state index contributed by atoms with van der Waals surface area (Å²) in [6.45, 7) is 17.8. The van der Waals surface area contributed by atoms with E-state index in [0.717, 1.165) is 0 Å². The van der Waals surface area contributed by atoms with E-state index in [0.29, 0.717) is 18.4 Å². The molecule has 42 heavy (non-hydrogen) atoms. The van der Waals surface area contributed by atoms with Gasteiger partial charge in [-0.3, -0.25) is 4.79 Å². The minimum atomic E-state index is -1.16. The highest BCUT2D eigenvalue weighted by Gasteiger charge is 2.27. The smallest absolute Gasteiger partial charge is 0.480 e. The Bertz CT molecular complexity index is 1070. The average molecular weight is 598 g/mol. The molecule has 0 amide bonds. The number of nitrogens with one attached hydrogen (secondary N) is 1. The van der Waals surface area contributed by atoms with Crippen molar-refractivity contribution >= 4 is 24.4 Å². The highest BCUT2D eigenvalue weighted by atomic mass is 16.8. The lowest BCUT2D eigenvalue weighted by Gasteiger charge is -2.24. The molecule has 0 saturated carbocycles. The van der Waals surface area contributed by atoms with Crippen LogP contribution in [0.2, 0.25) is 0 Å². The van der Waals surface area contributed by atoms with E-state index in [1.807, 2.05) is 27.7 Å². The summed E-state index contributed by atoms with van der Waals surface area (Å²) in [5.74, 6) is -1.31. The Morgan fingerprint density at radius 2 is 1.33 bits per heavy atom. The van der Waals surface area contributed by atoms with Gasteiger partial charge in [0.2, 0.25) is 0 Å². The van der Waals surface area contributed by atoms with Crippen LogP contribution in [-0.4, -0.2) is 65.5 Å². The number of ether oxygens (including phenoxy) is 6. The lowest BCUT2D eigenvalue weighted by Crippen LogP contribution is -2.43. The van der Waals surface area contributed by atoms with Crippen molar-refractivity contribution in [1.82, 2.24) is 5.32 Å². The lowest BCUT2D eigenvalue weighted by atomic mass is 10.0. The standard InChI is InChI=1S/C30H47NO11/c1-11-29(7,8)41-27(35)39-23-14-13-21(16-24(23)40-28(36)42-30(9,10)12-2)15-22(25(32)33)31-17-19(5)37-26(34)38-20(6)18(3)4/h13-14,16,18-20,22,31H,11-12,15,17H2,1-10H3,(H,32,33)/t19?,20?,22-/m0/s1. The molecule has 12 nitrogen and oxygen atoms in total. The minimum absolute atomic E-state index is 0.0319. The van der Waals surface area contributed by atoms with Gasteiger partial charge in [0.05, 0.1) is 0 Å². The van der Waals surface area contributed by atoms with Gasteiger partial charge in [0.1, 0.15) is 29.5 Å². The van der Waals surface area contributed by atoms with Crippen molar-refractivity contribution < 1.29 is 52.7 Å². The summed E-state index contributed by atoms with van der Waals surface area (Å²) in [4.78, 5) is 48.9. The molecule has 0 aliphatic heterocycles. The highest BCUT2D eigenvalue weighted by molar-refractivity contribution is 5.74. The van der Waals surface area contributed by atoms with E-state index < -0.39 is 47.8 Å². The molecule has 0 spiro atoms. The number of aliphatic carboxylic acids is 1. The molecule has 12 heteroatoms. The molecule has 1 aromatic rings. The van der Waals surface area contributed by atoms with Gasteiger partial charge in [-0.25, -0.2) is 14.4 Å². The van der Waals surface area contributed by atoms with Crippen molar-refractivity contribution in [2.45, 2.75) is 118 Å². The summed E-state index contributed by atoms with van der Waals surface area (Å²) in [5.41, 5.74) is -1.15. The second-order valence-electron chi connectivity index (χ2n) is 11.7. The predicted molar refractivity (Wildman–Crippen MR) is 154 cm³/mol. The van der Waals surface area contributed by atoms with Crippen molar-refractivity contribution in [1.29, 1.82) is 0 Å². The van der Waals surface area contributed by atoms with E-state index in [2.05, 4.69) is 5.32 Å². The third-order valence-corrected chi connectivity index (χ3v) is 6.72. The molecule has 0 heterocycles. The van der Waals surface area contributed by atoms with Crippen LogP contribution >= 0.6 is 0 Å². The normalized spacial score (nSPS) is 13.9. The summed E-state index contributed by atoms with van der Waals surface area (Å²) in [6, 6.07) is 3.20. The van der Waals surface area contributed by atoms with Gasteiger partial charge < -0.3 is 38.8 Å². The van der Waals surface area contributed by atoms with Crippen LogP contribution in [0.1, 0.15) is 87.6 Å². The molecule has 0 aromatic heterocycles. The van der Waals surface area contributed by atoms with E-state index in [1.165, 1.54) is 18.2 Å². The van der Waals surface area contributed by atoms with Crippen LogP contribution in [0.5, 0.6) is 11.5 Å². The number of carboxylic acid groups (broad SMARTS) is 1. The molecule has 2 N–H and O–H groups in total. The molecule has 2 unspecified atom stereocenters. The van der Waals surface area contributed by atoms with Crippen LogP contribution < -0.4 is 14.8 Å². The lowest BCUT2D eigenvalue weighted by molar-refractivity contribution is -0.139. The topological polar surface area (TPSA) is 156 Å². The van der Waals surface area contributed by atoms with Gasteiger partial charge >= 0.3 is 24.4 Å². The van der Waals surface area contributed by atoms with Crippen LogP contribution in [-0.2, 0) is 30.2 Å². The maximum Gasteiger partial charge on any atom is 0.514 e. The summed E-state index contributed by atoms with van der Waals surface area (Å²) in [5, 5.41) is 12.7. The molecular weight excluding hydrogens is 550 g/mol. The molecule has 238 valence electrons. The highest BCUT2D eigenvalue weighted by Crippen LogP contribution is 2.31. The van der Waals surface area contributed by atoms with E-state index in [-0.39, 0.29) is 36.5 Å². The maximum absolute atomic E-state index is 12.5. The van der Waals surface area contributed by atoms with E-state index >= 15 is 0 Å². The van der Waals surface area contributed by atoms with E-state index in [9.17, 15) is 24.3 Å². The van der Waals surface area contributed by atoms with Crippen LogP contribution in [0.3, 0.4) is 0 Å². The van der Waals surface area contributed by atoms with Crippen LogP contribution in [0, 0.1) is 5.92 Å². The van der Waals surface area contributed by atoms with Crippen molar-refractivity contribution in [3.63, 3.8) is 0 Å².